The molecule has 3 nitrogen and oxygen atoms in total. The molecule has 1 unspecified atom stereocenters. The fourth-order valence-electron chi connectivity index (χ4n) is 0.476. The normalized spacial score (nSPS) is 15.2. The Morgan fingerprint density at radius 3 is 2.22 bits per heavy atom. The second kappa shape index (κ2) is 3.25. The molecular weight excluding hydrogens is 116 g/mol. The van der Waals surface area contributed by atoms with Crippen LogP contribution in [-0.2, 0) is 4.79 Å². The summed E-state index contributed by atoms with van der Waals surface area (Å²) in [6.07, 6.45) is 1.63. The third kappa shape index (κ3) is 3.73. The van der Waals surface area contributed by atoms with Gasteiger partial charge in [-0.1, -0.05) is 6.08 Å². The average Bonchev–Trinajstić information content (AvgIpc) is 1.63. The number of rotatable bonds is 2. The van der Waals surface area contributed by atoms with Crippen LogP contribution in [0, 0.1) is 0 Å². The fourth-order valence-corrected chi connectivity index (χ4v) is 0.476. The molecule has 0 aliphatic rings. The Morgan fingerprint density at radius 1 is 1.67 bits per heavy atom. The zero-order valence-electron chi connectivity index (χ0n) is 5.72. The summed E-state index contributed by atoms with van der Waals surface area (Å²) in [6, 6.07) is -0.0995. The van der Waals surface area contributed by atoms with Gasteiger partial charge < -0.3 is 11.5 Å². The Morgan fingerprint density at radius 2 is 2.11 bits per heavy atom. The van der Waals surface area contributed by atoms with E-state index in [0.29, 0.717) is 5.57 Å². The molecule has 0 aliphatic carbocycles. The van der Waals surface area contributed by atoms with E-state index in [1.807, 2.05) is 0 Å². The number of hydrogen-bond donors (Lipinski definition) is 2. The van der Waals surface area contributed by atoms with Crippen molar-refractivity contribution in [2.45, 2.75) is 19.9 Å². The predicted molar refractivity (Wildman–Crippen MR) is 36.6 cm³/mol. The summed E-state index contributed by atoms with van der Waals surface area (Å²) in [6.45, 7) is 3.43. The maximum atomic E-state index is 10.3. The summed E-state index contributed by atoms with van der Waals surface area (Å²) in [4.78, 5) is 10.3. The van der Waals surface area contributed by atoms with Gasteiger partial charge in [-0.2, -0.15) is 0 Å². The van der Waals surface area contributed by atoms with E-state index in [4.69, 9.17) is 11.5 Å². The lowest BCUT2D eigenvalue weighted by atomic mass is 10.2. The van der Waals surface area contributed by atoms with Crippen LogP contribution < -0.4 is 11.5 Å². The van der Waals surface area contributed by atoms with Crippen molar-refractivity contribution < 1.29 is 4.79 Å². The van der Waals surface area contributed by atoms with Crippen molar-refractivity contribution in [2.75, 3.05) is 0 Å². The molecule has 0 radical (unpaired) electrons. The molecule has 4 N–H and O–H groups in total. The van der Waals surface area contributed by atoms with Gasteiger partial charge in [-0.3, -0.25) is 4.79 Å². The zero-order valence-corrected chi connectivity index (χ0v) is 5.72. The summed E-state index contributed by atoms with van der Waals surface area (Å²) < 4.78 is 0. The molecule has 3 heteroatoms. The lowest BCUT2D eigenvalue weighted by molar-refractivity contribution is -0.114. The summed E-state index contributed by atoms with van der Waals surface area (Å²) in [5, 5.41) is 0. The first-order chi connectivity index (χ1) is 4.04. The molecule has 0 spiro atoms. The van der Waals surface area contributed by atoms with E-state index in [0.717, 1.165) is 0 Å². The van der Waals surface area contributed by atoms with Crippen LogP contribution >= 0.6 is 0 Å². The average molecular weight is 128 g/mol. The highest BCUT2D eigenvalue weighted by atomic mass is 16.1. The summed E-state index contributed by atoms with van der Waals surface area (Å²) in [7, 11) is 0. The molecule has 1 amide bonds. The lowest BCUT2D eigenvalue weighted by Gasteiger charge is -1.96. The first-order valence-electron chi connectivity index (χ1n) is 2.78. The van der Waals surface area contributed by atoms with E-state index in [9.17, 15) is 4.79 Å². The third-order valence-corrected chi connectivity index (χ3v) is 0.902. The van der Waals surface area contributed by atoms with Crippen LogP contribution in [-0.4, -0.2) is 11.9 Å². The second-order valence-electron chi connectivity index (χ2n) is 2.07. The molecule has 0 aromatic heterocycles. The molecule has 0 saturated carbocycles. The summed E-state index contributed by atoms with van der Waals surface area (Å²) in [5.41, 5.74) is 10.8. The number of nitrogens with two attached hydrogens (primary N) is 2. The van der Waals surface area contributed by atoms with Crippen molar-refractivity contribution in [1.82, 2.24) is 0 Å². The maximum absolute atomic E-state index is 10.3. The molecule has 0 rings (SSSR count). The smallest absolute Gasteiger partial charge is 0.244 e. The van der Waals surface area contributed by atoms with Gasteiger partial charge >= 0.3 is 0 Å². The number of amides is 1. The van der Waals surface area contributed by atoms with E-state index in [2.05, 4.69) is 0 Å². The minimum absolute atomic E-state index is 0.0995. The summed E-state index contributed by atoms with van der Waals surface area (Å²) >= 11 is 0. The molecule has 0 bridgehead atoms. The molecule has 1 atom stereocenters. The Kier molecular flexibility index (Phi) is 2.95. The first-order valence-corrected chi connectivity index (χ1v) is 2.78. The van der Waals surface area contributed by atoms with Crippen molar-refractivity contribution in [3.8, 4) is 0 Å². The van der Waals surface area contributed by atoms with Crippen LogP contribution in [0.25, 0.3) is 0 Å². The molecule has 0 fully saturated rings. The van der Waals surface area contributed by atoms with Crippen LogP contribution in [0.1, 0.15) is 13.8 Å². The Bertz CT molecular complexity index is 138. The van der Waals surface area contributed by atoms with Gasteiger partial charge in [-0.05, 0) is 13.8 Å². The molecule has 9 heavy (non-hydrogen) atoms. The van der Waals surface area contributed by atoms with Crippen molar-refractivity contribution in [2.24, 2.45) is 11.5 Å². The van der Waals surface area contributed by atoms with Gasteiger partial charge in [0.25, 0.3) is 0 Å². The van der Waals surface area contributed by atoms with Gasteiger partial charge in [0.1, 0.15) is 0 Å². The molecule has 52 valence electrons. The summed E-state index contributed by atoms with van der Waals surface area (Å²) in [5.74, 6) is -0.410. The lowest BCUT2D eigenvalue weighted by Crippen LogP contribution is -2.17. The predicted octanol–water partition coefficient (Wildman–Crippen LogP) is -0.235. The van der Waals surface area contributed by atoms with Gasteiger partial charge in [0.2, 0.25) is 5.91 Å². The van der Waals surface area contributed by atoms with Crippen LogP contribution in [0.4, 0.5) is 0 Å². The van der Waals surface area contributed by atoms with Crippen molar-refractivity contribution in [1.29, 1.82) is 0 Å². The Labute approximate surface area is 54.7 Å². The van der Waals surface area contributed by atoms with Crippen LogP contribution in [0.15, 0.2) is 11.6 Å². The maximum Gasteiger partial charge on any atom is 0.244 e. The standard InChI is InChI=1S/C6H12N2O/c1-4(6(8)9)3-5(2)7/h3,5H,7H2,1-2H3,(H2,8,9). The van der Waals surface area contributed by atoms with Gasteiger partial charge in [0.05, 0.1) is 0 Å². The molecule has 0 aromatic rings. The van der Waals surface area contributed by atoms with Gasteiger partial charge in [-0.15, -0.1) is 0 Å². The Hall–Kier alpha value is -0.830. The highest BCUT2D eigenvalue weighted by Gasteiger charge is 1.96. The van der Waals surface area contributed by atoms with E-state index in [1.54, 1.807) is 19.9 Å². The molecule has 0 saturated heterocycles. The van der Waals surface area contributed by atoms with E-state index >= 15 is 0 Å². The minimum atomic E-state index is -0.410. The van der Waals surface area contributed by atoms with Gasteiger partial charge in [-0.25, -0.2) is 0 Å². The molecule has 0 aromatic carbocycles. The molecule has 0 heterocycles. The van der Waals surface area contributed by atoms with Crippen molar-refractivity contribution in [3.05, 3.63) is 11.6 Å². The van der Waals surface area contributed by atoms with E-state index < -0.39 is 5.91 Å². The van der Waals surface area contributed by atoms with Crippen molar-refractivity contribution >= 4 is 5.91 Å². The molecule has 0 aliphatic heterocycles. The highest BCUT2D eigenvalue weighted by molar-refractivity contribution is 5.91. The third-order valence-electron chi connectivity index (χ3n) is 0.902. The molecular formula is C6H12N2O. The largest absolute Gasteiger partial charge is 0.366 e. The number of primary amides is 1. The Balaban J connectivity index is 4.00. The van der Waals surface area contributed by atoms with Crippen LogP contribution in [0.3, 0.4) is 0 Å². The van der Waals surface area contributed by atoms with E-state index in [1.165, 1.54) is 0 Å². The minimum Gasteiger partial charge on any atom is -0.366 e. The monoisotopic (exact) mass is 128 g/mol. The number of hydrogen-bond acceptors (Lipinski definition) is 2. The first kappa shape index (κ1) is 8.17. The van der Waals surface area contributed by atoms with Gasteiger partial charge in [0.15, 0.2) is 0 Å². The van der Waals surface area contributed by atoms with E-state index in [-0.39, 0.29) is 6.04 Å². The highest BCUT2D eigenvalue weighted by Crippen LogP contribution is 1.91. The SMILES string of the molecule is CC(=CC(C)N)C(N)=O. The fraction of sp³-hybridized carbons (Fsp3) is 0.500. The number of carbonyl (C=O) groups is 1. The second-order valence-corrected chi connectivity index (χ2v) is 2.07. The van der Waals surface area contributed by atoms with Gasteiger partial charge in [0, 0.05) is 11.6 Å². The topological polar surface area (TPSA) is 69.1 Å². The quantitative estimate of drug-likeness (QED) is 0.504. The number of carbonyl (C=O) groups excluding carboxylic acids is 1. The van der Waals surface area contributed by atoms with Crippen molar-refractivity contribution in [3.63, 3.8) is 0 Å². The van der Waals surface area contributed by atoms with Crippen LogP contribution in [0.2, 0.25) is 0 Å². The van der Waals surface area contributed by atoms with Crippen LogP contribution in [0.5, 0.6) is 0 Å². The zero-order chi connectivity index (χ0) is 7.44.